The fourth-order valence-electron chi connectivity index (χ4n) is 1.53. The Hall–Kier alpha value is -1.60. The maximum atomic E-state index is 5.11. The van der Waals surface area contributed by atoms with Crippen LogP contribution in [0.15, 0.2) is 28.6 Å². The topological polar surface area (TPSA) is 52.3 Å². The Morgan fingerprint density at radius 3 is 2.71 bits per heavy atom. The lowest BCUT2D eigenvalue weighted by Gasteiger charge is -2.00. The van der Waals surface area contributed by atoms with Crippen LogP contribution in [0.3, 0.4) is 0 Å². The smallest absolute Gasteiger partial charge is 0.235 e. The van der Waals surface area contributed by atoms with E-state index >= 15 is 0 Å². The molecule has 0 aliphatic rings. The van der Waals surface area contributed by atoms with Gasteiger partial charge < -0.3 is 4.74 Å². The van der Waals surface area contributed by atoms with Gasteiger partial charge in [-0.15, -0.1) is 27.9 Å². The number of thiol groups is 1. The highest BCUT2D eigenvalue weighted by molar-refractivity contribution is 7.82. The zero-order valence-electron chi connectivity index (χ0n) is 8.86. The van der Waals surface area contributed by atoms with Crippen molar-refractivity contribution in [3.63, 3.8) is 0 Å². The summed E-state index contributed by atoms with van der Waals surface area (Å²) in [6, 6.07) is 7.61. The van der Waals surface area contributed by atoms with Crippen molar-refractivity contribution in [2.24, 2.45) is 0 Å². The van der Waals surface area contributed by atoms with Crippen molar-refractivity contribution in [3.05, 3.63) is 24.3 Å². The molecule has 5 nitrogen and oxygen atoms in total. The molecule has 2 heterocycles. The number of benzene rings is 1. The number of fused-ring (bicyclic) bond motifs is 1. The molecule has 0 amide bonds. The average Bonchev–Trinajstić information content (AvgIpc) is 2.88. The Bertz CT molecular complexity index is 659. The third kappa shape index (κ3) is 1.77. The molecular formula is C10H8N4OS2. The van der Waals surface area contributed by atoms with E-state index < -0.39 is 0 Å². The molecule has 0 fully saturated rings. The number of methoxy groups -OCH3 is 1. The van der Waals surface area contributed by atoms with Gasteiger partial charge in [-0.05, 0) is 24.3 Å². The summed E-state index contributed by atoms with van der Waals surface area (Å²) in [5, 5.41) is 12.4. The standard InChI is InChI=1S/C10H8N4OS2/c1-15-7-4-2-6(3-5-7)8-11-12-9-14(8)13-10(16)17-9/h2-5H,1H3,(H,13,16). The van der Waals surface area contributed by atoms with Crippen LogP contribution in [-0.2, 0) is 0 Å². The van der Waals surface area contributed by atoms with Crippen LogP contribution >= 0.6 is 24.0 Å². The number of rotatable bonds is 2. The summed E-state index contributed by atoms with van der Waals surface area (Å²) < 4.78 is 7.47. The summed E-state index contributed by atoms with van der Waals surface area (Å²) in [7, 11) is 1.64. The van der Waals surface area contributed by atoms with Crippen LogP contribution in [0.2, 0.25) is 0 Å². The van der Waals surface area contributed by atoms with Crippen molar-refractivity contribution in [1.29, 1.82) is 0 Å². The second-order valence-corrected chi connectivity index (χ2v) is 5.01. The molecule has 0 unspecified atom stereocenters. The minimum absolute atomic E-state index is 0.671. The first kappa shape index (κ1) is 10.5. The molecule has 0 bridgehead atoms. The van der Waals surface area contributed by atoms with Crippen LogP contribution < -0.4 is 4.74 Å². The fourth-order valence-corrected chi connectivity index (χ4v) is 2.44. The van der Waals surface area contributed by atoms with Crippen LogP contribution in [0.5, 0.6) is 5.75 Å². The first-order valence-corrected chi connectivity index (χ1v) is 6.10. The molecule has 2 aromatic heterocycles. The normalized spacial score (nSPS) is 10.9. The first-order valence-electron chi connectivity index (χ1n) is 4.83. The molecule has 0 aliphatic carbocycles. The fraction of sp³-hybridized carbons (Fsp3) is 0.100. The third-order valence-electron chi connectivity index (χ3n) is 2.33. The summed E-state index contributed by atoms with van der Waals surface area (Å²) in [4.78, 5) is 0.737. The zero-order chi connectivity index (χ0) is 11.8. The highest BCUT2D eigenvalue weighted by Crippen LogP contribution is 2.24. The highest BCUT2D eigenvalue weighted by atomic mass is 32.2. The predicted octanol–water partition coefficient (Wildman–Crippen LogP) is 2.15. The van der Waals surface area contributed by atoms with Gasteiger partial charge in [-0.25, -0.2) is 0 Å². The van der Waals surface area contributed by atoms with Gasteiger partial charge in [0, 0.05) is 5.56 Å². The van der Waals surface area contributed by atoms with E-state index in [2.05, 4.69) is 27.9 Å². The average molecular weight is 264 g/mol. The Morgan fingerprint density at radius 2 is 2.00 bits per heavy atom. The molecule has 17 heavy (non-hydrogen) atoms. The second-order valence-electron chi connectivity index (χ2n) is 3.33. The van der Waals surface area contributed by atoms with Crippen LogP contribution in [0.25, 0.3) is 16.3 Å². The maximum absolute atomic E-state index is 5.11. The van der Waals surface area contributed by atoms with E-state index in [0.29, 0.717) is 10.2 Å². The molecule has 0 spiro atoms. The summed E-state index contributed by atoms with van der Waals surface area (Å²) in [6.07, 6.45) is 0. The molecule has 0 N–H and O–H groups in total. The number of hydrogen-bond acceptors (Lipinski definition) is 6. The quantitative estimate of drug-likeness (QED) is 0.721. The summed E-state index contributed by atoms with van der Waals surface area (Å²) in [6.45, 7) is 0. The third-order valence-corrected chi connectivity index (χ3v) is 3.39. The minimum atomic E-state index is 0.671. The largest absolute Gasteiger partial charge is 0.497 e. The molecule has 0 saturated carbocycles. The lowest BCUT2D eigenvalue weighted by atomic mass is 10.2. The van der Waals surface area contributed by atoms with Crippen LogP contribution in [0, 0.1) is 0 Å². The summed E-state index contributed by atoms with van der Waals surface area (Å²) in [5.74, 6) is 1.52. The molecular weight excluding hydrogens is 256 g/mol. The number of aromatic nitrogens is 4. The molecule has 1 aromatic carbocycles. The predicted molar refractivity (Wildman–Crippen MR) is 67.9 cm³/mol. The van der Waals surface area contributed by atoms with Crippen molar-refractivity contribution >= 4 is 28.9 Å². The molecule has 7 heteroatoms. The van der Waals surface area contributed by atoms with E-state index in [1.807, 2.05) is 24.3 Å². The SMILES string of the molecule is COc1ccc(-c2nnc3sc(S)nn23)cc1. The molecule has 0 radical (unpaired) electrons. The van der Waals surface area contributed by atoms with E-state index in [4.69, 9.17) is 4.74 Å². The van der Waals surface area contributed by atoms with Gasteiger partial charge in [0.1, 0.15) is 5.75 Å². The van der Waals surface area contributed by atoms with Gasteiger partial charge in [0.15, 0.2) is 10.2 Å². The van der Waals surface area contributed by atoms with Gasteiger partial charge >= 0.3 is 0 Å². The number of hydrogen-bond donors (Lipinski definition) is 1. The highest BCUT2D eigenvalue weighted by Gasteiger charge is 2.11. The molecule has 0 atom stereocenters. The van der Waals surface area contributed by atoms with Crippen molar-refractivity contribution < 1.29 is 4.74 Å². The maximum Gasteiger partial charge on any atom is 0.235 e. The lowest BCUT2D eigenvalue weighted by molar-refractivity contribution is 0.415. The minimum Gasteiger partial charge on any atom is -0.497 e. The molecule has 3 rings (SSSR count). The van der Waals surface area contributed by atoms with Gasteiger partial charge in [-0.2, -0.15) is 4.52 Å². The summed E-state index contributed by atoms with van der Waals surface area (Å²) in [5.41, 5.74) is 0.942. The second kappa shape index (κ2) is 4.01. The van der Waals surface area contributed by atoms with Crippen molar-refractivity contribution in [2.75, 3.05) is 7.11 Å². The van der Waals surface area contributed by atoms with Gasteiger partial charge in [0.2, 0.25) is 4.96 Å². The molecule has 0 saturated heterocycles. The van der Waals surface area contributed by atoms with Crippen molar-refractivity contribution in [1.82, 2.24) is 19.8 Å². The van der Waals surface area contributed by atoms with Crippen molar-refractivity contribution in [2.45, 2.75) is 4.34 Å². The summed E-state index contributed by atoms with van der Waals surface area (Å²) >= 11 is 5.59. The van der Waals surface area contributed by atoms with Crippen LogP contribution in [-0.4, -0.2) is 26.9 Å². The van der Waals surface area contributed by atoms with E-state index in [1.54, 1.807) is 11.6 Å². The van der Waals surface area contributed by atoms with Crippen molar-refractivity contribution in [3.8, 4) is 17.1 Å². The monoisotopic (exact) mass is 264 g/mol. The van der Waals surface area contributed by atoms with E-state index in [0.717, 1.165) is 16.3 Å². The lowest BCUT2D eigenvalue weighted by Crippen LogP contribution is -1.90. The number of nitrogens with zero attached hydrogens (tertiary/aromatic N) is 4. The Morgan fingerprint density at radius 1 is 1.24 bits per heavy atom. The Labute approximate surface area is 106 Å². The Balaban J connectivity index is 2.12. The molecule has 0 aliphatic heterocycles. The van der Waals surface area contributed by atoms with E-state index in [1.165, 1.54) is 11.3 Å². The molecule has 3 aromatic rings. The van der Waals surface area contributed by atoms with E-state index in [-0.39, 0.29) is 0 Å². The zero-order valence-corrected chi connectivity index (χ0v) is 10.6. The number of ether oxygens (including phenoxy) is 1. The Kier molecular flexibility index (Phi) is 2.49. The van der Waals surface area contributed by atoms with Crippen LogP contribution in [0.4, 0.5) is 0 Å². The van der Waals surface area contributed by atoms with E-state index in [9.17, 15) is 0 Å². The first-order chi connectivity index (χ1) is 8.28. The van der Waals surface area contributed by atoms with Gasteiger partial charge in [-0.1, -0.05) is 11.3 Å². The van der Waals surface area contributed by atoms with Gasteiger partial charge in [0.05, 0.1) is 7.11 Å². The molecule has 86 valence electrons. The van der Waals surface area contributed by atoms with Gasteiger partial charge in [0.25, 0.3) is 0 Å². The van der Waals surface area contributed by atoms with Gasteiger partial charge in [-0.3, -0.25) is 0 Å². The van der Waals surface area contributed by atoms with Crippen LogP contribution in [0.1, 0.15) is 0 Å².